The standard InChI is InChI=1S/CH2O3.Ca.H2O4S.Si.2H/c2-1(3)4;;1-5(2,3)4;;;/h(H2,2,3,4);;(H2,1,2,3,4);;;. The summed E-state index contributed by atoms with van der Waals surface area (Å²) >= 11 is 0. The quantitative estimate of drug-likeness (QED) is 0.287. The van der Waals surface area contributed by atoms with Crippen LogP contribution in [0, 0.1) is 0 Å². The second-order valence-electron chi connectivity index (χ2n) is 0.730. The molecule has 4 N–H and O–H groups in total. The van der Waals surface area contributed by atoms with Crippen molar-refractivity contribution in [3.63, 3.8) is 0 Å². The molecular weight excluding hydrogens is 224 g/mol. The van der Waals surface area contributed by atoms with Crippen LogP contribution < -0.4 is 0 Å². The van der Waals surface area contributed by atoms with Gasteiger partial charge in [0, 0.05) is 11.0 Å². The van der Waals surface area contributed by atoms with Gasteiger partial charge in [-0.2, -0.15) is 8.42 Å². The third kappa shape index (κ3) is 2070. The van der Waals surface area contributed by atoms with Crippen LogP contribution in [0.1, 0.15) is 0 Å². The molecule has 0 fully saturated rings. The van der Waals surface area contributed by atoms with Crippen LogP contribution in [0.5, 0.6) is 0 Å². The molecular formula is CH6CaO7SSi. The fraction of sp³-hybridized carbons (Fsp3) is 0. The van der Waals surface area contributed by atoms with Gasteiger partial charge in [-0.3, -0.25) is 9.11 Å². The van der Waals surface area contributed by atoms with Crippen molar-refractivity contribution < 1.29 is 32.5 Å². The maximum Gasteiger partial charge on any atom is 0 e. The van der Waals surface area contributed by atoms with Crippen molar-refractivity contribution in [3.05, 3.63) is 0 Å². The smallest absolute Gasteiger partial charge is 0 e. The molecule has 4 radical (unpaired) electrons. The summed E-state index contributed by atoms with van der Waals surface area (Å²) < 4.78 is 31.6. The molecule has 0 saturated heterocycles. The van der Waals surface area contributed by atoms with E-state index < -0.39 is 16.6 Å². The van der Waals surface area contributed by atoms with Gasteiger partial charge in [0.1, 0.15) is 0 Å². The van der Waals surface area contributed by atoms with Crippen LogP contribution >= 0.6 is 0 Å². The minimum atomic E-state index is -4.67. The Morgan fingerprint density at radius 1 is 1.09 bits per heavy atom. The van der Waals surface area contributed by atoms with Gasteiger partial charge in [0.25, 0.3) is 0 Å². The van der Waals surface area contributed by atoms with Crippen LogP contribution in [0.25, 0.3) is 0 Å². The monoisotopic (exact) mass is 230 g/mol. The van der Waals surface area contributed by atoms with Gasteiger partial charge in [-0.05, 0) is 0 Å². The first-order chi connectivity index (χ1) is 3.73. The largest absolute Gasteiger partial charge is 0 e. The SMILES string of the molecule is O=C(O)O.O=S(=O)(O)O.[CaH2].[Si]. The van der Waals surface area contributed by atoms with Crippen molar-refractivity contribution in [2.45, 2.75) is 0 Å². The van der Waals surface area contributed by atoms with Crippen LogP contribution in [0.15, 0.2) is 0 Å². The van der Waals surface area contributed by atoms with Crippen molar-refractivity contribution in [1.82, 2.24) is 0 Å². The van der Waals surface area contributed by atoms with E-state index in [1.54, 1.807) is 0 Å². The minimum absolute atomic E-state index is 0. The Balaban J connectivity index is -0.0000000383. The van der Waals surface area contributed by atoms with Gasteiger partial charge >= 0.3 is 54.3 Å². The summed E-state index contributed by atoms with van der Waals surface area (Å²) in [5.41, 5.74) is 0. The molecule has 0 saturated carbocycles. The van der Waals surface area contributed by atoms with Crippen LogP contribution in [0.4, 0.5) is 4.79 Å². The fourth-order valence-electron chi connectivity index (χ4n) is 0. The van der Waals surface area contributed by atoms with E-state index in [1.165, 1.54) is 0 Å². The third-order valence-corrected chi connectivity index (χ3v) is 0. The Morgan fingerprint density at radius 3 is 1.09 bits per heavy atom. The van der Waals surface area contributed by atoms with Crippen LogP contribution in [-0.2, 0) is 10.4 Å². The zero-order chi connectivity index (χ0) is 8.08. The molecule has 0 aliphatic heterocycles. The number of carboxylic acid groups (broad SMARTS) is 2. The molecule has 0 aromatic carbocycles. The Hall–Kier alpha value is 0.617. The van der Waals surface area contributed by atoms with E-state index in [2.05, 4.69) is 0 Å². The van der Waals surface area contributed by atoms with Crippen LogP contribution in [0.2, 0.25) is 0 Å². The second kappa shape index (κ2) is 10.6. The van der Waals surface area contributed by atoms with E-state index in [1.807, 2.05) is 0 Å². The van der Waals surface area contributed by atoms with Crippen molar-refractivity contribution in [2.24, 2.45) is 0 Å². The average Bonchev–Trinajstić information content (AvgIpc) is 1.19. The normalized spacial score (nSPS) is 7.45. The first kappa shape index (κ1) is 22.6. The summed E-state index contributed by atoms with van der Waals surface area (Å²) in [7, 11) is -4.67. The van der Waals surface area contributed by atoms with Gasteiger partial charge in [-0.25, -0.2) is 4.79 Å². The Labute approximate surface area is 97.0 Å². The molecule has 11 heavy (non-hydrogen) atoms. The predicted molar refractivity (Wildman–Crippen MR) is 39.1 cm³/mol. The summed E-state index contributed by atoms with van der Waals surface area (Å²) in [5.74, 6) is 0. The molecule has 10 heteroatoms. The fourth-order valence-corrected chi connectivity index (χ4v) is 0. The zero-order valence-electron chi connectivity index (χ0n) is 4.42. The van der Waals surface area contributed by atoms with Crippen molar-refractivity contribution in [1.29, 1.82) is 0 Å². The number of carbonyl (C=O) groups is 1. The van der Waals surface area contributed by atoms with E-state index in [0.717, 1.165) is 0 Å². The number of rotatable bonds is 0. The molecule has 0 amide bonds. The predicted octanol–water partition coefficient (Wildman–Crippen LogP) is -1.73. The van der Waals surface area contributed by atoms with E-state index >= 15 is 0 Å². The van der Waals surface area contributed by atoms with E-state index in [0.29, 0.717) is 0 Å². The molecule has 64 valence electrons. The van der Waals surface area contributed by atoms with Gasteiger partial charge in [-0.1, -0.05) is 0 Å². The van der Waals surface area contributed by atoms with Crippen molar-refractivity contribution in [2.75, 3.05) is 0 Å². The summed E-state index contributed by atoms with van der Waals surface area (Å²) in [6.45, 7) is 0. The van der Waals surface area contributed by atoms with Gasteiger partial charge in [0.2, 0.25) is 0 Å². The molecule has 0 aliphatic carbocycles. The zero-order valence-corrected chi connectivity index (χ0v) is 6.24. The maximum absolute atomic E-state index is 8.74. The van der Waals surface area contributed by atoms with E-state index in [4.69, 9.17) is 32.5 Å². The molecule has 0 atom stereocenters. The van der Waals surface area contributed by atoms with Crippen molar-refractivity contribution >= 4 is 65.3 Å². The summed E-state index contributed by atoms with van der Waals surface area (Å²) in [5, 5.41) is 13.9. The summed E-state index contributed by atoms with van der Waals surface area (Å²) in [6.07, 6.45) is -1.83. The Morgan fingerprint density at radius 2 is 1.09 bits per heavy atom. The number of hydrogen-bond acceptors (Lipinski definition) is 3. The van der Waals surface area contributed by atoms with Gasteiger partial charge in [0.15, 0.2) is 0 Å². The van der Waals surface area contributed by atoms with Crippen molar-refractivity contribution in [3.8, 4) is 0 Å². The Bertz CT molecular complexity index is 161. The van der Waals surface area contributed by atoms with Gasteiger partial charge in [-0.15, -0.1) is 0 Å². The molecule has 0 aromatic rings. The third-order valence-electron chi connectivity index (χ3n) is 0. The summed E-state index contributed by atoms with van der Waals surface area (Å²) in [4.78, 5) is 8.56. The van der Waals surface area contributed by atoms with Crippen LogP contribution in [-0.4, -0.2) is 82.6 Å². The molecule has 0 aliphatic rings. The van der Waals surface area contributed by atoms with Gasteiger partial charge in [0.05, 0.1) is 0 Å². The first-order valence-corrected chi connectivity index (χ1v) is 2.75. The molecule has 0 bridgehead atoms. The Kier molecular flexibility index (Phi) is 21.8. The second-order valence-corrected chi connectivity index (χ2v) is 1.63. The topological polar surface area (TPSA) is 132 Å². The average molecular weight is 230 g/mol. The molecule has 0 heterocycles. The molecule has 0 spiro atoms. The molecule has 7 nitrogen and oxygen atoms in total. The summed E-state index contributed by atoms with van der Waals surface area (Å²) in [6, 6.07) is 0. The molecule has 0 unspecified atom stereocenters. The minimum Gasteiger partial charge on any atom is 0 e. The van der Waals surface area contributed by atoms with Crippen LogP contribution in [0.3, 0.4) is 0 Å². The maximum atomic E-state index is 8.74. The molecule has 0 aromatic heterocycles. The van der Waals surface area contributed by atoms with E-state index in [9.17, 15) is 0 Å². The van der Waals surface area contributed by atoms with E-state index in [-0.39, 0.29) is 48.7 Å². The van der Waals surface area contributed by atoms with Gasteiger partial charge < -0.3 is 10.2 Å². The molecule has 0 rings (SSSR count). The first-order valence-electron chi connectivity index (χ1n) is 1.35. The number of hydrogen-bond donors (Lipinski definition) is 4.